The highest BCUT2D eigenvalue weighted by Gasteiger charge is 2.20. The summed E-state index contributed by atoms with van der Waals surface area (Å²) in [6.45, 7) is 1.49. The van der Waals surface area contributed by atoms with Gasteiger partial charge in [0.1, 0.15) is 0 Å². The lowest BCUT2D eigenvalue weighted by Crippen LogP contribution is -2.42. The molecule has 0 aliphatic rings. The first-order chi connectivity index (χ1) is 11.7. The number of rotatable bonds is 6. The van der Waals surface area contributed by atoms with Gasteiger partial charge >= 0.3 is 0 Å². The van der Waals surface area contributed by atoms with Crippen LogP contribution in [0.2, 0.25) is 5.02 Å². The van der Waals surface area contributed by atoms with Crippen molar-refractivity contribution in [3.05, 3.63) is 68.7 Å². The zero-order valence-electron chi connectivity index (χ0n) is 13.0. The van der Waals surface area contributed by atoms with Gasteiger partial charge in [0, 0.05) is 16.7 Å². The SMILES string of the molecule is Cc1ccc(S(=O)(=O)NNC(=O)Cc2ccccc2Cl)cc1[N+](=O)[O-]. The number of carbonyl (C=O) groups is 1. The molecule has 0 heterocycles. The number of halogens is 1. The van der Waals surface area contributed by atoms with Crippen LogP contribution in [0.15, 0.2) is 47.4 Å². The molecule has 2 aromatic rings. The number of benzene rings is 2. The molecule has 8 nitrogen and oxygen atoms in total. The molecule has 1 amide bonds. The Balaban J connectivity index is 2.09. The van der Waals surface area contributed by atoms with Crippen LogP contribution >= 0.6 is 11.6 Å². The second kappa shape index (κ2) is 7.60. The van der Waals surface area contributed by atoms with Crippen LogP contribution in [0.3, 0.4) is 0 Å². The molecule has 0 saturated carbocycles. The third kappa shape index (κ3) is 4.75. The molecule has 0 fully saturated rings. The van der Waals surface area contributed by atoms with Crippen molar-refractivity contribution in [1.29, 1.82) is 0 Å². The molecule has 0 aliphatic heterocycles. The molecule has 0 aromatic heterocycles. The van der Waals surface area contributed by atoms with Gasteiger partial charge in [0.25, 0.3) is 15.7 Å². The Kier molecular flexibility index (Phi) is 5.73. The number of sulfonamides is 1. The number of nitro groups is 1. The minimum atomic E-state index is -4.15. The number of nitro benzene ring substituents is 1. The van der Waals surface area contributed by atoms with E-state index in [1.165, 1.54) is 19.1 Å². The fourth-order valence-corrected chi connectivity index (χ4v) is 3.08. The minimum Gasteiger partial charge on any atom is -0.277 e. The zero-order valence-corrected chi connectivity index (χ0v) is 14.6. The van der Waals surface area contributed by atoms with E-state index in [1.54, 1.807) is 24.3 Å². The van der Waals surface area contributed by atoms with E-state index < -0.39 is 20.9 Å². The minimum absolute atomic E-state index is 0.129. The molecule has 2 aromatic carbocycles. The Bertz CT molecular complexity index is 931. The van der Waals surface area contributed by atoms with Gasteiger partial charge < -0.3 is 0 Å². The summed E-state index contributed by atoms with van der Waals surface area (Å²) in [7, 11) is -4.15. The summed E-state index contributed by atoms with van der Waals surface area (Å²) in [6, 6.07) is 10.1. The lowest BCUT2D eigenvalue weighted by molar-refractivity contribution is -0.385. The molecule has 132 valence electrons. The number of nitrogens with zero attached hydrogens (tertiary/aromatic N) is 1. The molecule has 2 rings (SSSR count). The number of amides is 1. The summed E-state index contributed by atoms with van der Waals surface area (Å²) in [5.41, 5.74) is 2.59. The molecule has 0 unspecified atom stereocenters. The van der Waals surface area contributed by atoms with E-state index in [-0.39, 0.29) is 17.0 Å². The van der Waals surface area contributed by atoms with Crippen molar-refractivity contribution < 1.29 is 18.1 Å². The first-order valence-electron chi connectivity index (χ1n) is 7.00. The van der Waals surface area contributed by atoms with Crippen LogP contribution in [0.25, 0.3) is 0 Å². The predicted molar refractivity (Wildman–Crippen MR) is 91.5 cm³/mol. The van der Waals surface area contributed by atoms with Crippen molar-refractivity contribution in [2.75, 3.05) is 0 Å². The second-order valence-electron chi connectivity index (χ2n) is 5.13. The largest absolute Gasteiger partial charge is 0.277 e. The third-order valence-electron chi connectivity index (χ3n) is 3.32. The maximum atomic E-state index is 12.2. The number of carbonyl (C=O) groups excluding carboxylic acids is 1. The van der Waals surface area contributed by atoms with Crippen molar-refractivity contribution in [2.24, 2.45) is 0 Å². The third-order valence-corrected chi connectivity index (χ3v) is 4.94. The number of nitrogens with one attached hydrogen (secondary N) is 2. The lowest BCUT2D eigenvalue weighted by Gasteiger charge is -2.09. The van der Waals surface area contributed by atoms with Crippen molar-refractivity contribution in [1.82, 2.24) is 10.3 Å². The molecule has 10 heteroatoms. The first-order valence-corrected chi connectivity index (χ1v) is 8.86. The van der Waals surface area contributed by atoms with Crippen molar-refractivity contribution in [2.45, 2.75) is 18.2 Å². The molecule has 0 aliphatic carbocycles. The Morgan fingerprint density at radius 1 is 1.24 bits per heavy atom. The topological polar surface area (TPSA) is 118 Å². The maximum absolute atomic E-state index is 12.2. The van der Waals surface area contributed by atoms with Crippen LogP contribution in [-0.4, -0.2) is 19.2 Å². The predicted octanol–water partition coefficient (Wildman–Crippen LogP) is 2.11. The van der Waals surface area contributed by atoms with E-state index in [4.69, 9.17) is 11.6 Å². The molecule has 0 saturated heterocycles. The number of aryl methyl sites for hydroxylation is 1. The van der Waals surface area contributed by atoms with E-state index >= 15 is 0 Å². The van der Waals surface area contributed by atoms with Crippen LogP contribution in [-0.2, 0) is 21.2 Å². The van der Waals surface area contributed by atoms with E-state index in [0.29, 0.717) is 16.1 Å². The monoisotopic (exact) mass is 383 g/mol. The highest BCUT2D eigenvalue weighted by molar-refractivity contribution is 7.89. The number of hydrazine groups is 1. The summed E-state index contributed by atoms with van der Waals surface area (Å²) in [5.74, 6) is -0.627. The van der Waals surface area contributed by atoms with E-state index in [0.717, 1.165) is 6.07 Å². The van der Waals surface area contributed by atoms with Gasteiger partial charge in [-0.3, -0.25) is 20.3 Å². The van der Waals surface area contributed by atoms with Gasteiger partial charge in [-0.05, 0) is 24.6 Å². The molecular formula is C15H14ClN3O5S. The molecule has 0 bridgehead atoms. The van der Waals surface area contributed by atoms with Crippen molar-refractivity contribution >= 4 is 33.2 Å². The molecule has 2 N–H and O–H groups in total. The van der Waals surface area contributed by atoms with Gasteiger partial charge in [0.05, 0.1) is 16.2 Å². The van der Waals surface area contributed by atoms with Gasteiger partial charge in [-0.1, -0.05) is 35.9 Å². The van der Waals surface area contributed by atoms with E-state index in [9.17, 15) is 23.3 Å². The normalized spacial score (nSPS) is 11.1. The van der Waals surface area contributed by atoms with Crippen molar-refractivity contribution in [3.63, 3.8) is 0 Å². The van der Waals surface area contributed by atoms with Gasteiger partial charge in [-0.15, -0.1) is 4.83 Å². The molecular weight excluding hydrogens is 370 g/mol. The number of hydrogen-bond donors (Lipinski definition) is 2. The van der Waals surface area contributed by atoms with Gasteiger partial charge in [-0.2, -0.15) is 0 Å². The van der Waals surface area contributed by atoms with Crippen LogP contribution in [0, 0.1) is 17.0 Å². The Morgan fingerprint density at radius 2 is 1.92 bits per heavy atom. The first kappa shape index (κ1) is 18.8. The highest BCUT2D eigenvalue weighted by atomic mass is 35.5. The summed E-state index contributed by atoms with van der Waals surface area (Å²) in [5, 5.41) is 11.3. The van der Waals surface area contributed by atoms with Crippen LogP contribution in [0.4, 0.5) is 5.69 Å². The van der Waals surface area contributed by atoms with E-state index in [1.807, 2.05) is 4.83 Å². The quantitative estimate of drug-likeness (QED) is 0.585. The summed E-state index contributed by atoms with van der Waals surface area (Å²) in [4.78, 5) is 23.7. The second-order valence-corrected chi connectivity index (χ2v) is 7.22. The zero-order chi connectivity index (χ0) is 18.6. The average molecular weight is 384 g/mol. The Hall–Kier alpha value is -2.49. The molecule has 0 atom stereocenters. The highest BCUT2D eigenvalue weighted by Crippen LogP contribution is 2.21. The standard InChI is InChI=1S/C15H14ClN3O5S/c1-10-6-7-12(9-14(10)19(21)22)25(23,24)18-17-15(20)8-11-4-2-3-5-13(11)16/h2-7,9,18H,8H2,1H3,(H,17,20). The fourth-order valence-electron chi connectivity index (χ4n) is 2.00. The van der Waals surface area contributed by atoms with Crippen LogP contribution in [0.5, 0.6) is 0 Å². The lowest BCUT2D eigenvalue weighted by atomic mass is 10.1. The fraction of sp³-hybridized carbons (Fsp3) is 0.133. The average Bonchev–Trinajstić information content (AvgIpc) is 2.55. The van der Waals surface area contributed by atoms with E-state index in [2.05, 4.69) is 5.43 Å². The van der Waals surface area contributed by atoms with Gasteiger partial charge in [-0.25, -0.2) is 8.42 Å². The van der Waals surface area contributed by atoms with Crippen molar-refractivity contribution in [3.8, 4) is 0 Å². The number of hydrogen-bond acceptors (Lipinski definition) is 5. The maximum Gasteiger partial charge on any atom is 0.273 e. The van der Waals surface area contributed by atoms with Gasteiger partial charge in [0.15, 0.2) is 0 Å². The summed E-state index contributed by atoms with van der Waals surface area (Å²) in [6.07, 6.45) is -0.129. The smallest absolute Gasteiger partial charge is 0.273 e. The Morgan fingerprint density at radius 3 is 2.56 bits per heavy atom. The van der Waals surface area contributed by atoms with Gasteiger partial charge in [0.2, 0.25) is 5.91 Å². The molecule has 0 radical (unpaired) electrons. The Labute approximate surface area is 149 Å². The van der Waals surface area contributed by atoms with Crippen LogP contribution in [0.1, 0.15) is 11.1 Å². The summed E-state index contributed by atoms with van der Waals surface area (Å²) >= 11 is 5.93. The molecule has 0 spiro atoms. The summed E-state index contributed by atoms with van der Waals surface area (Å²) < 4.78 is 24.3. The van der Waals surface area contributed by atoms with Crippen LogP contribution < -0.4 is 10.3 Å². The molecule has 25 heavy (non-hydrogen) atoms.